The Bertz CT molecular complexity index is 591. The van der Waals surface area contributed by atoms with Crippen LogP contribution < -0.4 is 4.74 Å². The summed E-state index contributed by atoms with van der Waals surface area (Å²) in [6.45, 7) is 1.83. The molecule has 0 fully saturated rings. The summed E-state index contributed by atoms with van der Waals surface area (Å²) in [5.74, 6) is -0.457. The van der Waals surface area contributed by atoms with E-state index in [9.17, 15) is 18.3 Å². The van der Waals surface area contributed by atoms with Gasteiger partial charge in [0.1, 0.15) is 11.5 Å². The Kier molecular flexibility index (Phi) is 3.38. The molecular formula is C14H11F3O2. The Labute approximate surface area is 108 Å². The largest absolute Gasteiger partial charge is 0.573 e. The van der Waals surface area contributed by atoms with E-state index in [-0.39, 0.29) is 17.1 Å². The Morgan fingerprint density at radius 2 is 1.79 bits per heavy atom. The maximum Gasteiger partial charge on any atom is 0.573 e. The number of halogens is 3. The van der Waals surface area contributed by atoms with Crippen LogP contribution in [-0.4, -0.2) is 11.5 Å². The molecule has 0 aliphatic heterocycles. The summed E-state index contributed by atoms with van der Waals surface area (Å²) in [6, 6.07) is 10.4. The lowest BCUT2D eigenvalue weighted by Crippen LogP contribution is -2.17. The molecule has 0 spiro atoms. The molecule has 19 heavy (non-hydrogen) atoms. The first kappa shape index (κ1) is 13.3. The zero-order chi connectivity index (χ0) is 14.0. The second-order valence-corrected chi connectivity index (χ2v) is 4.10. The summed E-state index contributed by atoms with van der Waals surface area (Å²) in [5, 5.41) is 9.43. The predicted octanol–water partition coefficient (Wildman–Crippen LogP) is 4.27. The van der Waals surface area contributed by atoms with Crippen molar-refractivity contribution in [2.24, 2.45) is 0 Å². The highest BCUT2D eigenvalue weighted by molar-refractivity contribution is 5.72. The van der Waals surface area contributed by atoms with Gasteiger partial charge in [-0.15, -0.1) is 13.2 Å². The molecule has 100 valence electrons. The first-order valence-corrected chi connectivity index (χ1v) is 5.51. The van der Waals surface area contributed by atoms with E-state index in [0.717, 1.165) is 17.7 Å². The third-order valence-corrected chi connectivity index (χ3v) is 2.52. The molecule has 0 atom stereocenters. The third kappa shape index (κ3) is 3.40. The summed E-state index contributed by atoms with van der Waals surface area (Å²) in [4.78, 5) is 0. The van der Waals surface area contributed by atoms with Crippen molar-refractivity contribution in [2.75, 3.05) is 0 Å². The molecule has 0 saturated carbocycles. The number of aryl methyl sites for hydroxylation is 1. The lowest BCUT2D eigenvalue weighted by Gasteiger charge is -2.14. The zero-order valence-electron chi connectivity index (χ0n) is 10.0. The third-order valence-electron chi connectivity index (χ3n) is 2.52. The van der Waals surface area contributed by atoms with Gasteiger partial charge >= 0.3 is 6.36 Å². The lowest BCUT2D eigenvalue weighted by atomic mass is 10.0. The molecule has 2 nitrogen and oxygen atoms in total. The molecule has 0 bridgehead atoms. The highest BCUT2D eigenvalue weighted by Gasteiger charge is 2.32. The molecule has 5 heteroatoms. The number of aromatic hydroxyl groups is 1. The molecule has 0 unspecified atom stereocenters. The number of hydrogen-bond donors (Lipinski definition) is 1. The molecule has 0 aromatic heterocycles. The van der Waals surface area contributed by atoms with Crippen molar-refractivity contribution in [2.45, 2.75) is 13.3 Å². The van der Waals surface area contributed by atoms with Crippen LogP contribution in [0.3, 0.4) is 0 Å². The molecule has 0 saturated heterocycles. The van der Waals surface area contributed by atoms with E-state index in [1.807, 2.05) is 13.0 Å². The topological polar surface area (TPSA) is 29.5 Å². The maximum absolute atomic E-state index is 12.3. The number of phenolic OH excluding ortho intramolecular Hbond substituents is 1. The summed E-state index contributed by atoms with van der Waals surface area (Å²) < 4.78 is 41.0. The molecule has 2 rings (SSSR count). The van der Waals surface area contributed by atoms with Gasteiger partial charge in [-0.1, -0.05) is 29.8 Å². The van der Waals surface area contributed by atoms with Crippen molar-refractivity contribution in [1.29, 1.82) is 0 Å². The monoisotopic (exact) mass is 268 g/mol. The fraction of sp³-hybridized carbons (Fsp3) is 0.143. The summed E-state index contributed by atoms with van der Waals surface area (Å²) in [6.07, 6.45) is -4.77. The van der Waals surface area contributed by atoms with E-state index in [0.29, 0.717) is 5.56 Å². The van der Waals surface area contributed by atoms with E-state index in [1.54, 1.807) is 18.2 Å². The van der Waals surface area contributed by atoms with Crippen LogP contribution in [0, 0.1) is 6.92 Å². The van der Waals surface area contributed by atoms with Crippen molar-refractivity contribution >= 4 is 0 Å². The fourth-order valence-electron chi connectivity index (χ4n) is 1.77. The van der Waals surface area contributed by atoms with Crippen molar-refractivity contribution < 1.29 is 23.0 Å². The summed E-state index contributed by atoms with van der Waals surface area (Å²) >= 11 is 0. The van der Waals surface area contributed by atoms with Gasteiger partial charge in [-0.3, -0.25) is 0 Å². The van der Waals surface area contributed by atoms with Crippen molar-refractivity contribution in [3.05, 3.63) is 48.0 Å². The highest BCUT2D eigenvalue weighted by Crippen LogP contribution is 2.36. The average Bonchev–Trinajstić information content (AvgIpc) is 2.30. The van der Waals surface area contributed by atoms with Gasteiger partial charge in [-0.2, -0.15) is 0 Å². The predicted molar refractivity (Wildman–Crippen MR) is 65.0 cm³/mol. The Morgan fingerprint density at radius 1 is 1.05 bits per heavy atom. The van der Waals surface area contributed by atoms with Gasteiger partial charge in [-0.05, 0) is 30.7 Å². The second kappa shape index (κ2) is 4.84. The van der Waals surface area contributed by atoms with Crippen LogP contribution in [-0.2, 0) is 0 Å². The quantitative estimate of drug-likeness (QED) is 0.881. The van der Waals surface area contributed by atoms with E-state index in [1.165, 1.54) is 6.07 Å². The second-order valence-electron chi connectivity index (χ2n) is 4.10. The number of alkyl halides is 3. The lowest BCUT2D eigenvalue weighted by molar-refractivity contribution is -0.274. The van der Waals surface area contributed by atoms with Gasteiger partial charge < -0.3 is 9.84 Å². The van der Waals surface area contributed by atoms with Crippen LogP contribution >= 0.6 is 0 Å². The number of hydrogen-bond acceptors (Lipinski definition) is 2. The number of rotatable bonds is 2. The molecule has 0 radical (unpaired) electrons. The minimum absolute atomic E-state index is 0.119. The van der Waals surface area contributed by atoms with Crippen LogP contribution in [0.2, 0.25) is 0 Å². The molecule has 0 amide bonds. The average molecular weight is 268 g/mol. The Morgan fingerprint density at radius 3 is 2.42 bits per heavy atom. The maximum atomic E-state index is 12.3. The van der Waals surface area contributed by atoms with E-state index in [2.05, 4.69) is 4.74 Å². The zero-order valence-corrected chi connectivity index (χ0v) is 10.0. The molecular weight excluding hydrogens is 257 g/mol. The van der Waals surface area contributed by atoms with Gasteiger partial charge in [0.05, 0.1) is 0 Å². The van der Waals surface area contributed by atoms with Crippen LogP contribution in [0.1, 0.15) is 5.56 Å². The minimum Gasteiger partial charge on any atom is -0.508 e. The van der Waals surface area contributed by atoms with E-state index < -0.39 is 6.36 Å². The van der Waals surface area contributed by atoms with Gasteiger partial charge in [0, 0.05) is 5.56 Å². The SMILES string of the molecule is Cc1cccc(-c2cc(O)ccc2OC(F)(F)F)c1. The Balaban J connectivity index is 2.51. The standard InChI is InChI=1S/C14H11F3O2/c1-9-3-2-4-10(7-9)12-8-11(18)5-6-13(12)19-14(15,16)17/h2-8,18H,1H3. The molecule has 2 aromatic carbocycles. The van der Waals surface area contributed by atoms with E-state index in [4.69, 9.17) is 0 Å². The first-order valence-electron chi connectivity index (χ1n) is 5.51. The normalized spacial score (nSPS) is 11.4. The van der Waals surface area contributed by atoms with Gasteiger partial charge in [0.15, 0.2) is 0 Å². The number of ether oxygens (including phenoxy) is 1. The smallest absolute Gasteiger partial charge is 0.508 e. The highest BCUT2D eigenvalue weighted by atomic mass is 19.4. The first-order chi connectivity index (χ1) is 8.85. The van der Waals surface area contributed by atoms with Crippen molar-refractivity contribution in [1.82, 2.24) is 0 Å². The fourth-order valence-corrected chi connectivity index (χ4v) is 1.77. The number of benzene rings is 2. The van der Waals surface area contributed by atoms with Crippen molar-refractivity contribution in [3.8, 4) is 22.6 Å². The summed E-state index contributed by atoms with van der Waals surface area (Å²) in [7, 11) is 0. The van der Waals surface area contributed by atoms with Gasteiger partial charge in [-0.25, -0.2) is 0 Å². The molecule has 1 N–H and O–H groups in total. The van der Waals surface area contributed by atoms with Crippen LogP contribution in [0.4, 0.5) is 13.2 Å². The van der Waals surface area contributed by atoms with Gasteiger partial charge in [0.2, 0.25) is 0 Å². The van der Waals surface area contributed by atoms with Crippen LogP contribution in [0.5, 0.6) is 11.5 Å². The van der Waals surface area contributed by atoms with Crippen LogP contribution in [0.15, 0.2) is 42.5 Å². The Hall–Kier alpha value is -2.17. The van der Waals surface area contributed by atoms with E-state index >= 15 is 0 Å². The molecule has 0 aliphatic rings. The minimum atomic E-state index is -4.77. The van der Waals surface area contributed by atoms with Gasteiger partial charge in [0.25, 0.3) is 0 Å². The molecule has 2 aromatic rings. The molecule has 0 aliphatic carbocycles. The summed E-state index contributed by atoms with van der Waals surface area (Å²) in [5.41, 5.74) is 1.65. The molecule has 0 heterocycles. The van der Waals surface area contributed by atoms with Crippen LogP contribution in [0.25, 0.3) is 11.1 Å². The number of phenols is 1. The van der Waals surface area contributed by atoms with Crippen molar-refractivity contribution in [3.63, 3.8) is 0 Å².